The molecule has 0 atom stereocenters. The second kappa shape index (κ2) is 10.9. The third-order valence-electron chi connectivity index (χ3n) is 6.11. The zero-order valence-electron chi connectivity index (χ0n) is 21.1. The van der Waals surface area contributed by atoms with Crippen LogP contribution < -0.4 is 15.4 Å². The van der Waals surface area contributed by atoms with E-state index in [9.17, 15) is 4.39 Å². The van der Waals surface area contributed by atoms with E-state index < -0.39 is 0 Å². The van der Waals surface area contributed by atoms with Crippen molar-refractivity contribution < 1.29 is 9.13 Å². The van der Waals surface area contributed by atoms with Crippen LogP contribution in [0.3, 0.4) is 0 Å². The van der Waals surface area contributed by atoms with Crippen LogP contribution in [0.2, 0.25) is 5.02 Å². The molecule has 0 spiro atoms. The number of nitrogens with one attached hydrogen (secondary N) is 2. The Morgan fingerprint density at radius 3 is 2.40 bits per heavy atom. The van der Waals surface area contributed by atoms with Crippen molar-refractivity contribution in [1.82, 2.24) is 25.1 Å². The summed E-state index contributed by atoms with van der Waals surface area (Å²) in [4.78, 5) is 13.0. The Hall–Kier alpha value is -5.15. The quantitative estimate of drug-likeness (QED) is 0.211. The van der Waals surface area contributed by atoms with Crippen molar-refractivity contribution >= 4 is 39.8 Å². The van der Waals surface area contributed by atoms with Gasteiger partial charge in [-0.1, -0.05) is 35.9 Å². The molecule has 10 heteroatoms. The second-order valence-corrected chi connectivity index (χ2v) is 9.16. The predicted octanol–water partition coefficient (Wildman–Crippen LogP) is 7.52. The van der Waals surface area contributed by atoms with Gasteiger partial charge >= 0.3 is 0 Å². The molecule has 3 aromatic carbocycles. The van der Waals surface area contributed by atoms with E-state index in [1.165, 1.54) is 18.3 Å². The molecule has 3 heterocycles. The summed E-state index contributed by atoms with van der Waals surface area (Å²) in [6.45, 7) is 0. The maximum absolute atomic E-state index is 13.4. The normalized spacial score (nSPS) is 10.9. The standard InChI is InChI=1S/C30H21ClFN7O/c1-33-30-34-15-14-26(37-30)25-16-19(31)17-35-29(25)40-22-12-10-21(11-13-22)36-28-24-5-3-2-4-23(24)27(38-39-28)18-6-8-20(32)9-7-18/h2-17H,1H3,(H,36,39)(H,33,34,37). The molecule has 0 aliphatic carbocycles. The highest BCUT2D eigenvalue weighted by Gasteiger charge is 2.14. The molecule has 0 saturated carbocycles. The van der Waals surface area contributed by atoms with Crippen molar-refractivity contribution in [2.45, 2.75) is 0 Å². The molecular formula is C30H21ClFN7O. The highest BCUT2D eigenvalue weighted by molar-refractivity contribution is 6.30. The van der Waals surface area contributed by atoms with Gasteiger partial charge in [0.25, 0.3) is 0 Å². The van der Waals surface area contributed by atoms with Gasteiger partial charge in [-0.15, -0.1) is 10.2 Å². The lowest BCUT2D eigenvalue weighted by molar-refractivity contribution is 0.465. The summed E-state index contributed by atoms with van der Waals surface area (Å²) in [5.74, 6) is 1.71. The van der Waals surface area contributed by atoms with Crippen molar-refractivity contribution in [3.63, 3.8) is 0 Å². The van der Waals surface area contributed by atoms with Crippen LogP contribution >= 0.6 is 11.6 Å². The first-order valence-electron chi connectivity index (χ1n) is 12.3. The van der Waals surface area contributed by atoms with Crippen LogP contribution in [0, 0.1) is 5.82 Å². The Labute approximate surface area is 233 Å². The summed E-state index contributed by atoms with van der Waals surface area (Å²) < 4.78 is 19.6. The predicted molar refractivity (Wildman–Crippen MR) is 155 cm³/mol. The Morgan fingerprint density at radius 2 is 1.62 bits per heavy atom. The van der Waals surface area contributed by atoms with E-state index in [-0.39, 0.29) is 5.82 Å². The van der Waals surface area contributed by atoms with Gasteiger partial charge in [-0.25, -0.2) is 19.3 Å². The summed E-state index contributed by atoms with van der Waals surface area (Å²) in [7, 11) is 1.75. The van der Waals surface area contributed by atoms with Crippen molar-refractivity contribution in [1.29, 1.82) is 0 Å². The third-order valence-corrected chi connectivity index (χ3v) is 6.32. The molecule has 6 rings (SSSR count). The number of rotatable bonds is 7. The molecule has 0 unspecified atom stereocenters. The van der Waals surface area contributed by atoms with Gasteiger partial charge < -0.3 is 15.4 Å². The number of pyridine rings is 1. The van der Waals surface area contributed by atoms with Crippen LogP contribution in [-0.4, -0.2) is 32.2 Å². The minimum Gasteiger partial charge on any atom is -0.438 e. The average Bonchev–Trinajstić information content (AvgIpc) is 3.00. The zero-order valence-corrected chi connectivity index (χ0v) is 21.9. The van der Waals surface area contributed by atoms with Gasteiger partial charge in [0.05, 0.1) is 16.3 Å². The topological polar surface area (TPSA) is 97.7 Å². The fourth-order valence-corrected chi connectivity index (χ4v) is 4.35. The lowest BCUT2D eigenvalue weighted by Crippen LogP contribution is -2.00. The number of anilines is 3. The first kappa shape index (κ1) is 25.1. The van der Waals surface area contributed by atoms with Crippen LogP contribution in [-0.2, 0) is 0 Å². The maximum Gasteiger partial charge on any atom is 0.228 e. The first-order chi connectivity index (χ1) is 19.6. The van der Waals surface area contributed by atoms with Gasteiger partial charge in [-0.05, 0) is 60.7 Å². The summed E-state index contributed by atoms with van der Waals surface area (Å²) >= 11 is 6.22. The molecule has 0 radical (unpaired) electrons. The number of benzene rings is 3. The van der Waals surface area contributed by atoms with Gasteiger partial charge in [0.15, 0.2) is 5.82 Å². The molecule has 0 fully saturated rings. The number of hydrogen-bond acceptors (Lipinski definition) is 8. The molecule has 0 amide bonds. The summed E-state index contributed by atoms with van der Waals surface area (Å²) in [5.41, 5.74) is 3.52. The average molecular weight is 550 g/mol. The molecule has 0 aliphatic rings. The minimum absolute atomic E-state index is 0.299. The van der Waals surface area contributed by atoms with Crippen molar-refractivity contribution in [3.05, 3.63) is 108 Å². The Balaban J connectivity index is 1.26. The van der Waals surface area contributed by atoms with Gasteiger partial charge in [0.1, 0.15) is 17.3 Å². The molecular weight excluding hydrogens is 529 g/mol. The molecule has 8 nitrogen and oxygen atoms in total. The van der Waals surface area contributed by atoms with E-state index in [4.69, 9.17) is 16.3 Å². The Kier molecular flexibility index (Phi) is 6.86. The number of fused-ring (bicyclic) bond motifs is 1. The van der Waals surface area contributed by atoms with Crippen LogP contribution in [0.5, 0.6) is 11.6 Å². The van der Waals surface area contributed by atoms with Gasteiger partial charge in [0, 0.05) is 41.5 Å². The molecule has 196 valence electrons. The van der Waals surface area contributed by atoms with E-state index in [2.05, 4.69) is 35.8 Å². The van der Waals surface area contributed by atoms with Crippen molar-refractivity contribution in [2.24, 2.45) is 0 Å². The van der Waals surface area contributed by atoms with Crippen LogP contribution in [0.4, 0.5) is 21.8 Å². The molecule has 2 N–H and O–H groups in total. The van der Waals surface area contributed by atoms with E-state index in [1.807, 2.05) is 48.5 Å². The summed E-state index contributed by atoms with van der Waals surface area (Å²) in [6.07, 6.45) is 3.17. The molecule has 0 bridgehead atoms. The number of nitrogens with zero attached hydrogens (tertiary/aromatic N) is 5. The highest BCUT2D eigenvalue weighted by Crippen LogP contribution is 2.34. The van der Waals surface area contributed by atoms with E-state index in [1.54, 1.807) is 37.5 Å². The number of ether oxygens (including phenoxy) is 1. The molecule has 3 aromatic heterocycles. The largest absolute Gasteiger partial charge is 0.438 e. The van der Waals surface area contributed by atoms with Crippen molar-refractivity contribution in [3.8, 4) is 34.1 Å². The highest BCUT2D eigenvalue weighted by atomic mass is 35.5. The molecule has 0 saturated heterocycles. The molecule has 40 heavy (non-hydrogen) atoms. The fraction of sp³-hybridized carbons (Fsp3) is 0.0333. The van der Waals surface area contributed by atoms with Gasteiger partial charge in [-0.3, -0.25) is 0 Å². The van der Waals surface area contributed by atoms with E-state index in [0.717, 1.165) is 22.0 Å². The fourth-order valence-electron chi connectivity index (χ4n) is 4.19. The Bertz CT molecular complexity index is 1820. The number of aromatic nitrogens is 5. The number of halogens is 2. The lowest BCUT2D eigenvalue weighted by Gasteiger charge is -2.13. The smallest absolute Gasteiger partial charge is 0.228 e. The van der Waals surface area contributed by atoms with Crippen LogP contribution in [0.1, 0.15) is 0 Å². The second-order valence-electron chi connectivity index (χ2n) is 8.72. The van der Waals surface area contributed by atoms with Crippen LogP contribution in [0.25, 0.3) is 33.3 Å². The zero-order chi connectivity index (χ0) is 27.5. The van der Waals surface area contributed by atoms with E-state index in [0.29, 0.717) is 45.4 Å². The van der Waals surface area contributed by atoms with Gasteiger partial charge in [0.2, 0.25) is 11.8 Å². The molecule has 0 aliphatic heterocycles. The molecule has 6 aromatic rings. The van der Waals surface area contributed by atoms with Crippen molar-refractivity contribution in [2.75, 3.05) is 17.7 Å². The minimum atomic E-state index is -0.299. The SMILES string of the molecule is CNc1nccc(-c2cc(Cl)cnc2Oc2ccc(Nc3nnc(-c4ccc(F)cc4)c4ccccc34)cc2)n1. The monoisotopic (exact) mass is 549 g/mol. The van der Waals surface area contributed by atoms with Crippen LogP contribution in [0.15, 0.2) is 97.3 Å². The third kappa shape index (κ3) is 5.23. The Morgan fingerprint density at radius 1 is 0.850 bits per heavy atom. The van der Waals surface area contributed by atoms with E-state index >= 15 is 0 Å². The number of hydrogen-bond donors (Lipinski definition) is 2. The summed E-state index contributed by atoms with van der Waals surface area (Å²) in [6, 6.07) is 24.9. The first-order valence-corrected chi connectivity index (χ1v) is 12.7. The maximum atomic E-state index is 13.4. The lowest BCUT2D eigenvalue weighted by atomic mass is 10.0. The van der Waals surface area contributed by atoms with Gasteiger partial charge in [-0.2, -0.15) is 0 Å². The summed E-state index contributed by atoms with van der Waals surface area (Å²) in [5, 5.41) is 17.4.